The molecule has 4 heterocycles. The average Bonchev–Trinajstić information content (AvgIpc) is 3.12. The third kappa shape index (κ3) is 2.86. The van der Waals surface area contributed by atoms with Crippen molar-refractivity contribution < 1.29 is 0 Å². The normalized spacial score (nSPS) is 17.9. The second kappa shape index (κ2) is 6.72. The van der Waals surface area contributed by atoms with Crippen LogP contribution in [0.1, 0.15) is 39.2 Å². The van der Waals surface area contributed by atoms with Gasteiger partial charge in [0.15, 0.2) is 0 Å². The van der Waals surface area contributed by atoms with E-state index in [1.54, 1.807) is 17.0 Å². The van der Waals surface area contributed by atoms with Crippen molar-refractivity contribution in [2.24, 2.45) is 5.92 Å². The second-order valence-electron chi connectivity index (χ2n) is 7.43. The van der Waals surface area contributed by atoms with Gasteiger partial charge in [0.2, 0.25) is 0 Å². The maximum atomic E-state index is 12.7. The number of likely N-dealkylation sites (tertiary alicyclic amines) is 1. The highest BCUT2D eigenvalue weighted by Gasteiger charge is 2.25. The van der Waals surface area contributed by atoms with Crippen molar-refractivity contribution in [1.82, 2.24) is 24.4 Å². The van der Waals surface area contributed by atoms with Crippen LogP contribution in [0.2, 0.25) is 0 Å². The molecule has 1 fully saturated rings. The Morgan fingerprint density at radius 3 is 2.77 bits per heavy atom. The van der Waals surface area contributed by atoms with E-state index in [4.69, 9.17) is 0 Å². The van der Waals surface area contributed by atoms with Crippen molar-refractivity contribution in [2.45, 2.75) is 39.2 Å². The van der Waals surface area contributed by atoms with Crippen LogP contribution in [0.3, 0.4) is 0 Å². The minimum absolute atomic E-state index is 0.0931. The van der Waals surface area contributed by atoms with Crippen LogP contribution in [0.4, 0.5) is 0 Å². The molecule has 7 heteroatoms. The summed E-state index contributed by atoms with van der Waals surface area (Å²) in [5, 5.41) is 1.30. The quantitative estimate of drug-likeness (QED) is 0.751. The maximum Gasteiger partial charge on any atom is 0.329 e. The third-order valence-electron chi connectivity index (χ3n) is 5.67. The Kier molecular flexibility index (Phi) is 4.40. The monoisotopic (exact) mass is 355 g/mol. The summed E-state index contributed by atoms with van der Waals surface area (Å²) in [5.74, 6) is 0.689. The molecule has 1 aliphatic heterocycles. The van der Waals surface area contributed by atoms with Crippen molar-refractivity contribution in [1.29, 1.82) is 0 Å². The summed E-state index contributed by atoms with van der Waals surface area (Å²) in [6, 6.07) is 1.98. The second-order valence-corrected chi connectivity index (χ2v) is 7.43. The van der Waals surface area contributed by atoms with Gasteiger partial charge in [-0.15, -0.1) is 0 Å². The summed E-state index contributed by atoms with van der Waals surface area (Å²) >= 11 is 0. The fraction of sp³-hybridized carbons (Fsp3) is 0.526. The molecular weight excluding hydrogens is 330 g/mol. The lowest BCUT2D eigenvalue weighted by Crippen LogP contribution is -2.41. The largest absolute Gasteiger partial charge is 0.346 e. The standard InChI is InChI=1S/C19H25N5O2/c1-3-12(2)11-23-8-5-13(6-9-23)24-16-14-4-7-20-17(14)21-10-15(16)18(25)22-19(24)26/h4,7,10,12-13H,3,5-6,8-9,11H2,1-2H3,(H,20,21)(H,22,25,26). The van der Waals surface area contributed by atoms with Gasteiger partial charge >= 0.3 is 5.69 Å². The number of aromatic amines is 2. The first kappa shape index (κ1) is 17.0. The summed E-state index contributed by atoms with van der Waals surface area (Å²) in [6.07, 6.45) is 6.35. The fourth-order valence-corrected chi connectivity index (χ4v) is 4.02. The molecule has 0 saturated carbocycles. The molecule has 0 aliphatic carbocycles. The fourth-order valence-electron chi connectivity index (χ4n) is 4.02. The Labute approximate surface area is 151 Å². The average molecular weight is 355 g/mol. The molecule has 1 aliphatic rings. The summed E-state index contributed by atoms with van der Waals surface area (Å²) in [5.41, 5.74) is 0.707. The van der Waals surface area contributed by atoms with Gasteiger partial charge in [0.25, 0.3) is 5.56 Å². The minimum atomic E-state index is -0.369. The number of hydrogen-bond acceptors (Lipinski definition) is 4. The van der Waals surface area contributed by atoms with Gasteiger partial charge in [0, 0.05) is 43.5 Å². The van der Waals surface area contributed by atoms with E-state index < -0.39 is 0 Å². The van der Waals surface area contributed by atoms with Gasteiger partial charge in [0.1, 0.15) is 5.65 Å². The first-order valence-corrected chi connectivity index (χ1v) is 9.41. The highest BCUT2D eigenvalue weighted by Crippen LogP contribution is 2.27. The van der Waals surface area contributed by atoms with Crippen molar-refractivity contribution in [3.63, 3.8) is 0 Å². The summed E-state index contributed by atoms with van der Waals surface area (Å²) < 4.78 is 1.79. The van der Waals surface area contributed by atoms with E-state index in [0.717, 1.165) is 37.9 Å². The van der Waals surface area contributed by atoms with Gasteiger partial charge in [-0.05, 0) is 24.8 Å². The smallest absolute Gasteiger partial charge is 0.329 e. The van der Waals surface area contributed by atoms with Crippen LogP contribution in [0.5, 0.6) is 0 Å². The molecule has 26 heavy (non-hydrogen) atoms. The Hall–Kier alpha value is -2.41. The van der Waals surface area contributed by atoms with Crippen LogP contribution in [0.25, 0.3) is 21.9 Å². The number of hydrogen-bond donors (Lipinski definition) is 2. The molecule has 138 valence electrons. The zero-order valence-electron chi connectivity index (χ0n) is 15.3. The predicted octanol–water partition coefficient (Wildman–Crippen LogP) is 2.25. The maximum absolute atomic E-state index is 12.7. The SMILES string of the molecule is CCC(C)CN1CCC(n2c(=O)[nH]c(=O)c3cnc4[nH]ccc4c32)CC1. The Balaban J connectivity index is 1.74. The number of aromatic nitrogens is 4. The van der Waals surface area contributed by atoms with Gasteiger partial charge in [-0.25, -0.2) is 9.78 Å². The molecule has 0 radical (unpaired) electrons. The molecule has 0 spiro atoms. The molecular formula is C19H25N5O2. The molecule has 0 amide bonds. The van der Waals surface area contributed by atoms with Crippen LogP contribution < -0.4 is 11.2 Å². The predicted molar refractivity (Wildman–Crippen MR) is 103 cm³/mol. The lowest BCUT2D eigenvalue weighted by Gasteiger charge is -2.34. The number of pyridine rings is 1. The van der Waals surface area contributed by atoms with Crippen molar-refractivity contribution in [3.05, 3.63) is 39.3 Å². The van der Waals surface area contributed by atoms with Crippen LogP contribution >= 0.6 is 0 Å². The lowest BCUT2D eigenvalue weighted by atomic mass is 10.0. The molecule has 0 aromatic carbocycles. The number of nitrogens with zero attached hydrogens (tertiary/aromatic N) is 3. The van der Waals surface area contributed by atoms with Crippen LogP contribution in [-0.2, 0) is 0 Å². The zero-order valence-corrected chi connectivity index (χ0v) is 15.3. The molecule has 2 N–H and O–H groups in total. The molecule has 0 bridgehead atoms. The summed E-state index contributed by atoms with van der Waals surface area (Å²) in [7, 11) is 0. The van der Waals surface area contributed by atoms with Crippen LogP contribution in [0.15, 0.2) is 28.0 Å². The molecule has 3 aromatic heterocycles. The van der Waals surface area contributed by atoms with Crippen molar-refractivity contribution in [3.8, 4) is 0 Å². The molecule has 3 aromatic rings. The number of nitrogens with one attached hydrogen (secondary N) is 2. The van der Waals surface area contributed by atoms with Gasteiger partial charge in [-0.2, -0.15) is 0 Å². The minimum Gasteiger partial charge on any atom is -0.346 e. The molecule has 1 saturated heterocycles. The Morgan fingerprint density at radius 1 is 1.27 bits per heavy atom. The molecule has 7 nitrogen and oxygen atoms in total. The van der Waals surface area contributed by atoms with Crippen molar-refractivity contribution >= 4 is 21.9 Å². The van der Waals surface area contributed by atoms with E-state index >= 15 is 0 Å². The number of H-pyrrole nitrogens is 2. The summed E-state index contributed by atoms with van der Waals surface area (Å²) in [6.45, 7) is 7.56. The lowest BCUT2D eigenvalue weighted by molar-refractivity contribution is 0.165. The first-order valence-electron chi connectivity index (χ1n) is 9.41. The molecule has 4 rings (SSSR count). The summed E-state index contributed by atoms with van der Waals surface area (Å²) in [4.78, 5) is 37.3. The number of rotatable bonds is 4. The van der Waals surface area contributed by atoms with E-state index in [-0.39, 0.29) is 17.3 Å². The van der Waals surface area contributed by atoms with E-state index in [2.05, 4.69) is 33.7 Å². The highest BCUT2D eigenvalue weighted by molar-refractivity contribution is 6.01. The van der Waals surface area contributed by atoms with E-state index in [0.29, 0.717) is 22.5 Å². The van der Waals surface area contributed by atoms with Gasteiger partial charge < -0.3 is 9.88 Å². The number of fused-ring (bicyclic) bond motifs is 3. The molecule has 1 unspecified atom stereocenters. The topological polar surface area (TPSA) is 86.8 Å². The Bertz CT molecular complexity index is 1040. The van der Waals surface area contributed by atoms with Crippen LogP contribution in [-0.4, -0.2) is 44.1 Å². The third-order valence-corrected chi connectivity index (χ3v) is 5.67. The highest BCUT2D eigenvalue weighted by atomic mass is 16.2. The zero-order chi connectivity index (χ0) is 18.3. The van der Waals surface area contributed by atoms with Crippen molar-refractivity contribution in [2.75, 3.05) is 19.6 Å². The van der Waals surface area contributed by atoms with E-state index in [9.17, 15) is 9.59 Å². The number of piperidine rings is 1. The van der Waals surface area contributed by atoms with Gasteiger partial charge in [-0.3, -0.25) is 14.3 Å². The Morgan fingerprint density at radius 2 is 2.04 bits per heavy atom. The first-order chi connectivity index (χ1) is 12.6. The van der Waals surface area contributed by atoms with E-state index in [1.807, 2.05) is 6.07 Å². The van der Waals surface area contributed by atoms with Gasteiger partial charge in [0.05, 0.1) is 10.9 Å². The van der Waals surface area contributed by atoms with E-state index in [1.165, 1.54) is 6.42 Å². The van der Waals surface area contributed by atoms with Gasteiger partial charge in [-0.1, -0.05) is 20.3 Å². The molecule has 1 atom stereocenters. The van der Waals surface area contributed by atoms with Crippen LogP contribution in [0, 0.1) is 5.92 Å².